The molecule has 1 aliphatic carbocycles. The Hall–Kier alpha value is -4.82. The summed E-state index contributed by atoms with van der Waals surface area (Å²) >= 11 is 0. The van der Waals surface area contributed by atoms with E-state index < -0.39 is 0 Å². The van der Waals surface area contributed by atoms with Crippen molar-refractivity contribution in [3.8, 4) is 5.75 Å². The van der Waals surface area contributed by atoms with Crippen LogP contribution in [0.15, 0.2) is 60.0 Å². The zero-order valence-corrected chi connectivity index (χ0v) is 32.8. The van der Waals surface area contributed by atoms with Gasteiger partial charge >= 0.3 is 6.03 Å². The highest BCUT2D eigenvalue weighted by atomic mass is 16.7. The Kier molecular flexibility index (Phi) is 11.8. The van der Waals surface area contributed by atoms with Crippen LogP contribution in [0.5, 0.6) is 5.75 Å². The molecule has 3 N–H and O–H groups in total. The molecule has 5 unspecified atom stereocenters. The number of fused-ring (bicyclic) bond motifs is 2. The minimum atomic E-state index is -0.385. The Morgan fingerprint density at radius 3 is 2.55 bits per heavy atom. The maximum absolute atomic E-state index is 13.7. The predicted octanol–water partition coefficient (Wildman–Crippen LogP) is 7.68. The third-order valence-electron chi connectivity index (χ3n) is 11.0. The van der Waals surface area contributed by atoms with Gasteiger partial charge in [0, 0.05) is 30.8 Å². The molecule has 2 fully saturated rings. The van der Waals surface area contributed by atoms with Crippen molar-refractivity contribution >= 4 is 34.9 Å². The van der Waals surface area contributed by atoms with Crippen molar-refractivity contribution in [2.75, 3.05) is 18.1 Å². The molecule has 3 aliphatic rings. The molecule has 2 aliphatic heterocycles. The number of hydrogen-bond acceptors (Lipinski definition) is 10. The van der Waals surface area contributed by atoms with Gasteiger partial charge in [-0.3, -0.25) is 14.4 Å². The zero-order chi connectivity index (χ0) is 38.5. The second kappa shape index (κ2) is 16.9. The summed E-state index contributed by atoms with van der Waals surface area (Å²) in [5, 5.41) is 28.4. The number of amides is 2. The lowest BCUT2D eigenvalue weighted by atomic mass is 9.85. The van der Waals surface area contributed by atoms with Gasteiger partial charge in [0.25, 0.3) is 0 Å². The summed E-state index contributed by atoms with van der Waals surface area (Å²) in [5.74, 6) is 1.97. The van der Waals surface area contributed by atoms with Crippen LogP contribution < -0.4 is 20.3 Å². The number of aliphatic imine (C=N–C) groups is 1. The number of ether oxygens (including phenoxy) is 3. The van der Waals surface area contributed by atoms with E-state index in [4.69, 9.17) is 24.6 Å². The van der Waals surface area contributed by atoms with E-state index in [2.05, 4.69) is 56.8 Å². The van der Waals surface area contributed by atoms with Crippen molar-refractivity contribution in [3.63, 3.8) is 0 Å². The fourth-order valence-electron chi connectivity index (χ4n) is 7.79. The second-order valence-electron chi connectivity index (χ2n) is 16.2. The Balaban J connectivity index is 1.02. The Morgan fingerprint density at radius 2 is 1.78 bits per heavy atom. The molecule has 0 saturated carbocycles. The van der Waals surface area contributed by atoms with Crippen LogP contribution in [0.1, 0.15) is 116 Å². The van der Waals surface area contributed by atoms with Crippen molar-refractivity contribution in [1.82, 2.24) is 35.0 Å². The van der Waals surface area contributed by atoms with Crippen LogP contribution in [0.2, 0.25) is 0 Å². The van der Waals surface area contributed by atoms with Crippen LogP contribution in [-0.2, 0) is 16.0 Å². The van der Waals surface area contributed by atoms with Gasteiger partial charge in [0.05, 0.1) is 37.8 Å². The molecule has 3 aromatic heterocycles. The molecular formula is C41H56N10O4. The van der Waals surface area contributed by atoms with E-state index in [1.165, 1.54) is 6.42 Å². The second-order valence-corrected chi connectivity index (χ2v) is 16.2. The lowest BCUT2D eigenvalue weighted by Gasteiger charge is -2.39. The molecule has 55 heavy (non-hydrogen) atoms. The molecule has 7 rings (SSSR count). The number of hydrogen-bond donors (Lipinski definition) is 3. The number of piperidine rings is 1. The van der Waals surface area contributed by atoms with Crippen molar-refractivity contribution in [2.45, 2.75) is 129 Å². The summed E-state index contributed by atoms with van der Waals surface area (Å²) in [6.45, 7) is 12.2. The van der Waals surface area contributed by atoms with Crippen molar-refractivity contribution < 1.29 is 19.0 Å². The number of aromatic nitrogens is 5. The van der Waals surface area contributed by atoms with Crippen LogP contribution >= 0.6 is 0 Å². The number of pyridine rings is 1. The van der Waals surface area contributed by atoms with Crippen LogP contribution in [0.3, 0.4) is 0 Å². The van der Waals surface area contributed by atoms with Crippen molar-refractivity contribution in [3.05, 3.63) is 66.1 Å². The molecule has 0 bridgehead atoms. The summed E-state index contributed by atoms with van der Waals surface area (Å²) in [5.41, 5.74) is 3.50. The first-order valence-corrected chi connectivity index (χ1v) is 19.9. The highest BCUT2D eigenvalue weighted by Crippen LogP contribution is 2.39. The highest BCUT2D eigenvalue weighted by molar-refractivity contribution is 6.09. The van der Waals surface area contributed by atoms with E-state index in [0.717, 1.165) is 67.2 Å². The van der Waals surface area contributed by atoms with E-state index in [-0.39, 0.29) is 36.3 Å². The Morgan fingerprint density at radius 1 is 0.982 bits per heavy atom. The summed E-state index contributed by atoms with van der Waals surface area (Å²) < 4.78 is 22.0. The van der Waals surface area contributed by atoms with Crippen LogP contribution in [0, 0.1) is 10.8 Å². The maximum Gasteiger partial charge on any atom is 0.320 e. The van der Waals surface area contributed by atoms with E-state index in [0.29, 0.717) is 55.3 Å². The minimum absolute atomic E-state index is 0.157. The SMILES string of the molecule is CC1CCCC(C)N1c1nnc2ccc(OC3CCC(NC(=O)NC(CC(=N)C(C)(C)C)=Nc4cnn(CCOC5CCCCO5)c4)c4ccccc43)cn12. The van der Waals surface area contributed by atoms with Gasteiger partial charge in [0.2, 0.25) is 5.95 Å². The van der Waals surface area contributed by atoms with Crippen LogP contribution in [0.25, 0.3) is 5.65 Å². The average molecular weight is 753 g/mol. The van der Waals surface area contributed by atoms with Crippen molar-refractivity contribution in [1.29, 1.82) is 5.41 Å². The first-order valence-electron chi connectivity index (χ1n) is 19.9. The summed E-state index contributed by atoms with van der Waals surface area (Å²) in [6.07, 6.45) is 13.3. The summed E-state index contributed by atoms with van der Waals surface area (Å²) in [7, 11) is 0. The van der Waals surface area contributed by atoms with E-state index in [9.17, 15) is 4.79 Å². The van der Waals surface area contributed by atoms with Crippen molar-refractivity contribution in [2.24, 2.45) is 10.4 Å². The van der Waals surface area contributed by atoms with Gasteiger partial charge in [-0.25, -0.2) is 9.79 Å². The summed E-state index contributed by atoms with van der Waals surface area (Å²) in [6, 6.07) is 12.2. The number of carbonyl (C=O) groups excluding carboxylic acids is 1. The van der Waals surface area contributed by atoms with Gasteiger partial charge in [0.1, 0.15) is 23.4 Å². The molecule has 5 heterocycles. The van der Waals surface area contributed by atoms with E-state index >= 15 is 0 Å². The fraction of sp³-hybridized carbons (Fsp3) is 0.561. The lowest BCUT2D eigenvalue weighted by molar-refractivity contribution is -0.163. The standard InChI is InChI=1S/C41H56N10O4/c1-27-11-10-12-28(2)51(27)40-48-47-37-19-16-30(26-50(37)40)55-34-18-17-33(31-13-6-7-14-32(31)34)45-39(52)46-36(23-35(42)41(3,4)5)44-29-24-43-49(25-29)20-22-54-38-15-8-9-21-53-38/h6-7,13-14,16,19,24-28,33-34,38,42H,8-12,15,17-18,20-23H2,1-5H3,(H2,44,45,46,52). The average Bonchev–Trinajstić information content (AvgIpc) is 3.79. The molecule has 14 nitrogen and oxygen atoms in total. The molecule has 294 valence electrons. The number of amidine groups is 1. The summed E-state index contributed by atoms with van der Waals surface area (Å²) in [4.78, 5) is 20.8. The molecule has 1 aromatic carbocycles. The molecular weight excluding hydrogens is 697 g/mol. The lowest BCUT2D eigenvalue weighted by Crippen LogP contribution is -2.44. The van der Waals surface area contributed by atoms with Crippen LogP contribution in [-0.4, -0.2) is 73.5 Å². The Bertz CT molecular complexity index is 1970. The molecule has 14 heteroatoms. The highest BCUT2D eigenvalue weighted by Gasteiger charge is 2.31. The van der Waals surface area contributed by atoms with Gasteiger partial charge in [0.15, 0.2) is 11.9 Å². The monoisotopic (exact) mass is 752 g/mol. The van der Waals surface area contributed by atoms with Gasteiger partial charge in [-0.1, -0.05) is 45.0 Å². The molecule has 0 spiro atoms. The minimum Gasteiger partial charge on any atom is -0.484 e. The first kappa shape index (κ1) is 38.5. The molecule has 5 atom stereocenters. The topological polar surface area (TPSA) is 156 Å². The van der Waals surface area contributed by atoms with E-state index in [1.807, 2.05) is 61.8 Å². The smallest absolute Gasteiger partial charge is 0.320 e. The largest absolute Gasteiger partial charge is 0.484 e. The third kappa shape index (κ3) is 9.35. The van der Waals surface area contributed by atoms with Gasteiger partial charge in [-0.2, -0.15) is 5.10 Å². The number of benzene rings is 1. The number of carbonyl (C=O) groups is 1. The zero-order valence-electron chi connectivity index (χ0n) is 32.8. The number of rotatable bonds is 11. The third-order valence-corrected chi connectivity index (χ3v) is 11.0. The van der Waals surface area contributed by atoms with Crippen LogP contribution in [0.4, 0.5) is 16.4 Å². The molecule has 2 amide bonds. The van der Waals surface area contributed by atoms with E-state index in [1.54, 1.807) is 10.9 Å². The quantitative estimate of drug-likeness (QED) is 0.104. The van der Waals surface area contributed by atoms with Gasteiger partial charge < -0.3 is 29.8 Å². The van der Waals surface area contributed by atoms with Gasteiger partial charge in [-0.05, 0) is 93.9 Å². The van der Waals surface area contributed by atoms with Gasteiger partial charge in [-0.15, -0.1) is 10.2 Å². The Labute approximate surface area is 323 Å². The number of nitrogens with one attached hydrogen (secondary N) is 3. The number of urea groups is 1. The number of anilines is 1. The molecule has 0 radical (unpaired) electrons. The number of nitrogens with zero attached hydrogens (tertiary/aromatic N) is 7. The normalized spacial score (nSPS) is 23.3. The fourth-order valence-corrected chi connectivity index (χ4v) is 7.79. The predicted molar refractivity (Wildman–Crippen MR) is 212 cm³/mol. The maximum atomic E-state index is 13.7. The molecule has 2 saturated heterocycles. The molecule has 4 aromatic rings. The first-order chi connectivity index (χ1) is 26.5.